The molecule has 1 fully saturated rings. The van der Waals surface area contributed by atoms with Crippen LogP contribution >= 0.6 is 0 Å². The van der Waals surface area contributed by atoms with Gasteiger partial charge in [0.25, 0.3) is 11.8 Å². The highest BCUT2D eigenvalue weighted by Crippen LogP contribution is 2.28. The number of nitrogens with zero attached hydrogens (tertiary/aromatic N) is 2. The molecule has 0 radical (unpaired) electrons. The van der Waals surface area contributed by atoms with Gasteiger partial charge in [-0.05, 0) is 30.7 Å². The van der Waals surface area contributed by atoms with Gasteiger partial charge in [-0.25, -0.2) is 0 Å². The predicted octanol–water partition coefficient (Wildman–Crippen LogP) is 1.06. The summed E-state index contributed by atoms with van der Waals surface area (Å²) in [7, 11) is 1.51. The van der Waals surface area contributed by atoms with Crippen molar-refractivity contribution >= 4 is 29.2 Å². The molecule has 126 valence electrons. The van der Waals surface area contributed by atoms with E-state index in [4.69, 9.17) is 10.1 Å². The highest BCUT2D eigenvalue weighted by molar-refractivity contribution is 6.42. The van der Waals surface area contributed by atoms with Crippen LogP contribution in [0.25, 0.3) is 5.41 Å². The molecule has 1 aromatic rings. The summed E-state index contributed by atoms with van der Waals surface area (Å²) in [6.45, 7) is 2.38. The van der Waals surface area contributed by atoms with E-state index in [0.29, 0.717) is 18.0 Å². The van der Waals surface area contributed by atoms with Gasteiger partial charge in [-0.2, -0.15) is 0 Å². The fourth-order valence-electron chi connectivity index (χ4n) is 2.43. The van der Waals surface area contributed by atoms with Crippen LogP contribution in [0.3, 0.4) is 0 Å². The Morgan fingerprint density at radius 2 is 2.00 bits per heavy atom. The van der Waals surface area contributed by atoms with E-state index in [-0.39, 0.29) is 0 Å². The molecule has 1 aromatic carbocycles. The number of carbonyl (C=O) groups is 3. The van der Waals surface area contributed by atoms with Crippen molar-refractivity contribution in [2.45, 2.75) is 25.8 Å². The minimum absolute atomic E-state index is 0.357. The van der Waals surface area contributed by atoms with Gasteiger partial charge in [0.1, 0.15) is 11.3 Å². The van der Waals surface area contributed by atoms with E-state index in [9.17, 15) is 14.4 Å². The maximum absolute atomic E-state index is 12.4. The van der Waals surface area contributed by atoms with Crippen molar-refractivity contribution in [1.29, 1.82) is 0 Å². The summed E-state index contributed by atoms with van der Waals surface area (Å²) in [5.41, 5.74) is -0.170. The van der Waals surface area contributed by atoms with Gasteiger partial charge in [-0.3, -0.25) is 25.2 Å². The molecule has 7 heteroatoms. The lowest BCUT2D eigenvalue weighted by atomic mass is 10.1. The van der Waals surface area contributed by atoms with E-state index in [0.717, 1.165) is 17.7 Å². The summed E-state index contributed by atoms with van der Waals surface area (Å²) < 4.78 is 5.05. The molecule has 2 amide bonds. The molecule has 7 nitrogen and oxygen atoms in total. The van der Waals surface area contributed by atoms with Crippen LogP contribution in [-0.2, 0) is 14.4 Å². The zero-order chi connectivity index (χ0) is 17.7. The lowest BCUT2D eigenvalue weighted by Crippen LogP contribution is -2.48. The number of ether oxygens (including phenoxy) is 1. The minimum Gasteiger partial charge on any atom is -0.763 e. The van der Waals surface area contributed by atoms with E-state index in [1.807, 2.05) is 6.92 Å². The Bertz CT molecular complexity index is 705. The molecule has 0 saturated carbocycles. The second-order valence-corrected chi connectivity index (χ2v) is 5.27. The first kappa shape index (κ1) is 17.4. The molecular formula is C17H18N3O4-. The summed E-state index contributed by atoms with van der Waals surface area (Å²) in [6, 6.07) is 5.01. The molecule has 1 saturated heterocycles. The summed E-state index contributed by atoms with van der Waals surface area (Å²) in [5, 5.41) is 11.7. The molecule has 0 spiro atoms. The molecule has 1 unspecified atom stereocenters. The maximum Gasteiger partial charge on any atom is 0.269 e. The third kappa shape index (κ3) is 3.21. The van der Waals surface area contributed by atoms with Crippen LogP contribution in [0.2, 0.25) is 0 Å². The first-order valence-corrected chi connectivity index (χ1v) is 7.61. The highest BCUT2D eigenvalue weighted by Gasteiger charge is 2.47. The number of unbranched alkanes of at least 4 members (excludes halogenated alkanes) is 1. The van der Waals surface area contributed by atoms with Crippen molar-refractivity contribution in [2.24, 2.45) is 0 Å². The Balaban J connectivity index is 2.36. The fraction of sp³-hybridized carbons (Fsp3) is 0.353. The lowest BCUT2D eigenvalue weighted by Gasteiger charge is -2.22. The summed E-state index contributed by atoms with van der Waals surface area (Å²) >= 11 is 0. The number of hydrogen-bond donors (Lipinski definition) is 1. The second kappa shape index (κ2) is 7.57. The number of nitrogens with one attached hydrogen (secondary N) is 1. The molecule has 24 heavy (non-hydrogen) atoms. The number of rotatable bonds is 6. The van der Waals surface area contributed by atoms with E-state index in [1.54, 1.807) is 30.1 Å². The van der Waals surface area contributed by atoms with Crippen LogP contribution in [0.4, 0.5) is 5.69 Å². The molecular weight excluding hydrogens is 310 g/mol. The van der Waals surface area contributed by atoms with Gasteiger partial charge < -0.3 is 15.5 Å². The van der Waals surface area contributed by atoms with E-state index < -0.39 is 29.2 Å². The number of carbonyl (C=O) groups excluding carboxylic acids is 3. The number of methoxy groups -OCH3 is 1. The van der Waals surface area contributed by atoms with Crippen molar-refractivity contribution in [2.75, 3.05) is 18.6 Å². The van der Waals surface area contributed by atoms with Gasteiger partial charge in [0.05, 0.1) is 7.11 Å². The normalized spacial score (nSPS) is 17.0. The molecule has 1 aliphatic heterocycles. The predicted molar refractivity (Wildman–Crippen MR) is 89.1 cm³/mol. The SMILES string of the molecule is CCCCNC(=O)C1C(=O)C(=C=[N-])C(=O)N1c1ccc(OC)cc1. The van der Waals surface area contributed by atoms with Crippen molar-refractivity contribution in [3.63, 3.8) is 0 Å². The van der Waals surface area contributed by atoms with Crippen LogP contribution in [0.1, 0.15) is 19.8 Å². The zero-order valence-electron chi connectivity index (χ0n) is 13.5. The van der Waals surface area contributed by atoms with Gasteiger partial charge in [0.2, 0.25) is 5.78 Å². The van der Waals surface area contributed by atoms with Gasteiger partial charge in [0, 0.05) is 12.2 Å². The Morgan fingerprint density at radius 3 is 2.54 bits per heavy atom. The van der Waals surface area contributed by atoms with Crippen LogP contribution in [0.15, 0.2) is 29.8 Å². The topological polar surface area (TPSA) is 98.0 Å². The van der Waals surface area contributed by atoms with Crippen LogP contribution < -0.4 is 15.0 Å². The van der Waals surface area contributed by atoms with Crippen molar-refractivity contribution < 1.29 is 19.1 Å². The number of Topliss-reactive ketones (excluding diaryl/α,β-unsaturated/α-hetero) is 1. The van der Waals surface area contributed by atoms with Gasteiger partial charge in [-0.15, -0.1) is 0 Å². The van der Waals surface area contributed by atoms with Crippen molar-refractivity contribution in [3.05, 3.63) is 35.2 Å². The monoisotopic (exact) mass is 328 g/mol. The minimum atomic E-state index is -1.35. The Labute approximate surface area is 139 Å². The summed E-state index contributed by atoms with van der Waals surface area (Å²) in [5.74, 6) is 0.0708. The van der Waals surface area contributed by atoms with Crippen LogP contribution in [0.5, 0.6) is 5.75 Å². The first-order valence-electron chi connectivity index (χ1n) is 7.61. The molecule has 1 N–H and O–H groups in total. The zero-order valence-corrected chi connectivity index (χ0v) is 13.5. The third-order valence-corrected chi connectivity index (χ3v) is 3.73. The Kier molecular flexibility index (Phi) is 5.50. The standard InChI is InChI=1S/C17H18N3O4/c1-3-4-9-19-16(22)14-15(21)13(10-18)17(23)20(14)11-5-7-12(24-2)8-6-11/h5-8,14H,3-4,9H2,1-2H3,(H,19,22)/q-1. The first-order chi connectivity index (χ1) is 11.5. The van der Waals surface area contributed by atoms with Crippen molar-refractivity contribution in [3.8, 4) is 5.75 Å². The average molecular weight is 328 g/mol. The number of anilines is 1. The molecule has 0 aromatic heterocycles. The summed E-state index contributed by atoms with van der Waals surface area (Å²) in [4.78, 5) is 38.1. The number of hydrogen-bond acceptors (Lipinski definition) is 4. The fourth-order valence-corrected chi connectivity index (χ4v) is 2.43. The third-order valence-electron chi connectivity index (χ3n) is 3.73. The van der Waals surface area contributed by atoms with E-state index >= 15 is 0 Å². The quantitative estimate of drug-likeness (QED) is 0.277. The van der Waals surface area contributed by atoms with Crippen LogP contribution in [-0.4, -0.2) is 43.2 Å². The molecule has 0 aliphatic carbocycles. The number of benzene rings is 1. The lowest BCUT2D eigenvalue weighted by molar-refractivity contribution is -0.127. The molecule has 0 bridgehead atoms. The van der Waals surface area contributed by atoms with Gasteiger partial charge >= 0.3 is 0 Å². The molecule has 1 aliphatic rings. The molecule has 1 heterocycles. The highest BCUT2D eigenvalue weighted by atomic mass is 16.5. The van der Waals surface area contributed by atoms with Crippen LogP contribution in [0, 0.1) is 0 Å². The second-order valence-electron chi connectivity index (χ2n) is 5.27. The van der Waals surface area contributed by atoms with Gasteiger partial charge in [0.15, 0.2) is 6.04 Å². The van der Waals surface area contributed by atoms with E-state index in [2.05, 4.69) is 5.32 Å². The average Bonchev–Trinajstić information content (AvgIpc) is 2.85. The molecule has 2 rings (SSSR count). The molecule has 1 atom stereocenters. The van der Waals surface area contributed by atoms with E-state index in [1.165, 1.54) is 7.11 Å². The number of ketones is 1. The maximum atomic E-state index is 12.4. The van der Waals surface area contributed by atoms with Gasteiger partial charge in [-0.1, -0.05) is 13.3 Å². The Morgan fingerprint density at radius 1 is 1.33 bits per heavy atom. The van der Waals surface area contributed by atoms with Crippen molar-refractivity contribution in [1.82, 2.24) is 5.32 Å². The smallest absolute Gasteiger partial charge is 0.269 e. The Hall–Kier alpha value is -2.92. The summed E-state index contributed by atoms with van der Waals surface area (Å²) in [6.07, 6.45) is 1.65. The number of amides is 2. The largest absolute Gasteiger partial charge is 0.763 e.